The lowest BCUT2D eigenvalue weighted by Gasteiger charge is -2.36. The van der Waals surface area contributed by atoms with Crippen LogP contribution in [0.5, 0.6) is 0 Å². The van der Waals surface area contributed by atoms with Crippen molar-refractivity contribution in [3.63, 3.8) is 0 Å². The van der Waals surface area contributed by atoms with Gasteiger partial charge in [-0.1, -0.05) is 126 Å². The molecule has 2 saturated heterocycles. The van der Waals surface area contributed by atoms with Crippen LogP contribution in [0.3, 0.4) is 0 Å². The van der Waals surface area contributed by atoms with Gasteiger partial charge in [0.2, 0.25) is 5.91 Å². The molecule has 2 heterocycles. The van der Waals surface area contributed by atoms with Crippen LogP contribution in [0, 0.1) is 35.5 Å². The zero-order valence-corrected chi connectivity index (χ0v) is 36.4. The number of amides is 1. The zero-order chi connectivity index (χ0) is 38.8. The minimum atomic E-state index is 0.286. The van der Waals surface area contributed by atoms with Crippen molar-refractivity contribution in [2.24, 2.45) is 35.5 Å². The molecule has 0 spiro atoms. The van der Waals surface area contributed by atoms with Crippen LogP contribution in [0.15, 0.2) is 42.5 Å². The fourth-order valence-electron chi connectivity index (χ4n) is 9.79. The molecular weight excluding hydrogens is 647 g/mol. The summed E-state index contributed by atoms with van der Waals surface area (Å²) >= 11 is 0. The fraction of sp³-hybridized carbons (Fsp3) is 0.735. The van der Waals surface area contributed by atoms with Gasteiger partial charge in [0, 0.05) is 51.7 Å². The second-order valence-electron chi connectivity index (χ2n) is 19.6. The number of nitrogens with one attached hydrogen (secondary N) is 1. The van der Waals surface area contributed by atoms with Crippen LogP contribution < -0.4 is 5.32 Å². The van der Waals surface area contributed by atoms with E-state index < -0.39 is 0 Å². The molecule has 4 heteroatoms. The molecule has 4 rings (SSSR count). The Morgan fingerprint density at radius 1 is 0.585 bits per heavy atom. The number of benzene rings is 2. The molecule has 2 aliphatic heterocycles. The number of rotatable bonds is 20. The van der Waals surface area contributed by atoms with E-state index in [-0.39, 0.29) is 6.04 Å². The van der Waals surface area contributed by atoms with E-state index in [1.807, 2.05) is 0 Å². The normalized spacial score (nSPS) is 19.0. The minimum Gasteiger partial charge on any atom is -0.340 e. The Labute approximate surface area is 327 Å². The van der Waals surface area contributed by atoms with Crippen LogP contribution in [0.4, 0.5) is 0 Å². The molecule has 0 aliphatic carbocycles. The monoisotopic (exact) mass is 728 g/mol. The van der Waals surface area contributed by atoms with Crippen molar-refractivity contribution in [3.05, 3.63) is 70.3 Å². The highest BCUT2D eigenvalue weighted by atomic mass is 16.2. The van der Waals surface area contributed by atoms with Gasteiger partial charge in [-0.2, -0.15) is 0 Å². The lowest BCUT2D eigenvalue weighted by atomic mass is 9.74. The van der Waals surface area contributed by atoms with Crippen LogP contribution in [0.2, 0.25) is 0 Å². The van der Waals surface area contributed by atoms with Crippen molar-refractivity contribution < 1.29 is 4.79 Å². The van der Waals surface area contributed by atoms with Crippen LogP contribution in [0.1, 0.15) is 180 Å². The second kappa shape index (κ2) is 20.7. The Morgan fingerprint density at radius 2 is 1.09 bits per heavy atom. The number of hydrogen-bond acceptors (Lipinski definition) is 3. The third-order valence-electron chi connectivity index (χ3n) is 12.7. The quantitative estimate of drug-likeness (QED) is 0.147. The summed E-state index contributed by atoms with van der Waals surface area (Å²) in [6, 6.07) is 17.9. The first-order valence-electron chi connectivity index (χ1n) is 22.1. The molecule has 1 amide bonds. The molecule has 0 bridgehead atoms. The number of carbonyl (C=O) groups excluding carboxylic acids is 1. The van der Waals surface area contributed by atoms with Crippen molar-refractivity contribution in [3.8, 4) is 0 Å². The van der Waals surface area contributed by atoms with Gasteiger partial charge < -0.3 is 10.2 Å². The molecule has 5 atom stereocenters. The van der Waals surface area contributed by atoms with Crippen molar-refractivity contribution in [2.75, 3.05) is 32.7 Å². The molecular formula is C49H81N3O. The number of hydrogen-bond donors (Lipinski definition) is 1. The maximum atomic E-state index is 13.3. The Balaban J connectivity index is 1.79. The lowest BCUT2D eigenvalue weighted by Crippen LogP contribution is -2.43. The fourth-order valence-corrected chi connectivity index (χ4v) is 9.79. The van der Waals surface area contributed by atoms with E-state index in [2.05, 4.69) is 141 Å². The Morgan fingerprint density at radius 3 is 1.58 bits per heavy atom. The van der Waals surface area contributed by atoms with Crippen molar-refractivity contribution >= 4 is 5.91 Å². The van der Waals surface area contributed by atoms with E-state index in [4.69, 9.17) is 0 Å². The first-order chi connectivity index (χ1) is 25.1. The van der Waals surface area contributed by atoms with E-state index >= 15 is 0 Å². The summed E-state index contributed by atoms with van der Waals surface area (Å²) in [4.78, 5) is 18.3. The summed E-state index contributed by atoms with van der Waals surface area (Å²) in [7, 11) is 0. The summed E-state index contributed by atoms with van der Waals surface area (Å²) in [6.45, 7) is 34.9. The predicted molar refractivity (Wildman–Crippen MR) is 229 cm³/mol. The molecule has 1 N–H and O–H groups in total. The van der Waals surface area contributed by atoms with Gasteiger partial charge in [0.15, 0.2) is 0 Å². The summed E-state index contributed by atoms with van der Waals surface area (Å²) in [5, 5.41) is 3.58. The maximum absolute atomic E-state index is 13.3. The zero-order valence-electron chi connectivity index (χ0n) is 36.4. The number of carbonyl (C=O) groups is 1. The lowest BCUT2D eigenvalue weighted by molar-refractivity contribution is -0.130. The maximum Gasteiger partial charge on any atom is 0.222 e. The van der Waals surface area contributed by atoms with Gasteiger partial charge in [-0.05, 0) is 126 Å². The summed E-state index contributed by atoms with van der Waals surface area (Å²) < 4.78 is 0. The van der Waals surface area contributed by atoms with Crippen LogP contribution in [-0.2, 0) is 11.3 Å². The van der Waals surface area contributed by atoms with Crippen LogP contribution >= 0.6 is 0 Å². The largest absolute Gasteiger partial charge is 0.340 e. The van der Waals surface area contributed by atoms with E-state index in [9.17, 15) is 4.79 Å². The van der Waals surface area contributed by atoms with Gasteiger partial charge in [-0.3, -0.25) is 9.69 Å². The van der Waals surface area contributed by atoms with Gasteiger partial charge in [-0.15, -0.1) is 0 Å². The molecule has 0 saturated carbocycles. The third-order valence-corrected chi connectivity index (χ3v) is 12.7. The second-order valence-corrected chi connectivity index (χ2v) is 19.6. The smallest absolute Gasteiger partial charge is 0.222 e. The third kappa shape index (κ3) is 12.7. The highest BCUT2D eigenvalue weighted by Gasteiger charge is 2.33. The van der Waals surface area contributed by atoms with Gasteiger partial charge in [0.1, 0.15) is 0 Å². The molecule has 2 aliphatic rings. The summed E-state index contributed by atoms with van der Waals surface area (Å²) in [6.07, 6.45) is 7.40. The van der Waals surface area contributed by atoms with E-state index in [0.29, 0.717) is 71.5 Å². The molecule has 0 aromatic heterocycles. The number of piperazine rings is 1. The molecule has 53 heavy (non-hydrogen) atoms. The van der Waals surface area contributed by atoms with Crippen molar-refractivity contribution in [1.82, 2.24) is 15.1 Å². The van der Waals surface area contributed by atoms with Gasteiger partial charge >= 0.3 is 0 Å². The Kier molecular flexibility index (Phi) is 17.0. The van der Waals surface area contributed by atoms with Gasteiger partial charge in [0.25, 0.3) is 0 Å². The van der Waals surface area contributed by atoms with Gasteiger partial charge in [0.05, 0.1) is 0 Å². The molecule has 4 nitrogen and oxygen atoms in total. The van der Waals surface area contributed by atoms with Crippen LogP contribution in [-0.4, -0.2) is 54.5 Å². The molecule has 298 valence electrons. The molecule has 2 aromatic rings. The molecule has 2 fully saturated rings. The molecule has 5 unspecified atom stereocenters. The van der Waals surface area contributed by atoms with E-state index in [1.54, 1.807) is 11.1 Å². The van der Waals surface area contributed by atoms with E-state index in [0.717, 1.165) is 65.0 Å². The average Bonchev–Trinajstić information content (AvgIpc) is 3.53. The summed E-state index contributed by atoms with van der Waals surface area (Å²) in [5.74, 6) is 6.01. The standard InChI is InChI=1S/C49H81N3O/c1-33(2)26-44(52-23-13-14-49(52)53)30-42(31-47(37(9)10)40-17-15-39(16-18-40)46(36(7)8)27-34(3)4)41-19-20-45(48(38(11)12)28-35(5)6)43(29-41)32-51-24-21-50-22-25-51/h15-20,29,33-38,42,44,46-48,50H,13-14,21-28,30-32H2,1-12H3. The molecule has 0 radical (unpaired) electrons. The topological polar surface area (TPSA) is 35.6 Å². The predicted octanol–water partition coefficient (Wildman–Crippen LogP) is 12.0. The minimum absolute atomic E-state index is 0.286. The highest BCUT2D eigenvalue weighted by molar-refractivity contribution is 5.78. The van der Waals surface area contributed by atoms with Gasteiger partial charge in [-0.25, -0.2) is 0 Å². The van der Waals surface area contributed by atoms with Crippen molar-refractivity contribution in [2.45, 2.75) is 164 Å². The number of nitrogens with zero attached hydrogens (tertiary/aromatic N) is 2. The Bertz CT molecular complexity index is 1370. The molecule has 2 aromatic carbocycles. The first-order valence-corrected chi connectivity index (χ1v) is 22.1. The Hall–Kier alpha value is -2.17. The van der Waals surface area contributed by atoms with Crippen molar-refractivity contribution in [1.29, 1.82) is 0 Å². The first kappa shape index (κ1) is 43.6. The average molecular weight is 728 g/mol. The SMILES string of the molecule is CC(C)CC(c1ccc(C(CC(CC(CC(C)C)N2CCCC2=O)c2ccc(C(CC(C)C)C(C)C)c(CN3CCNCC3)c2)C(C)C)cc1)C(C)C. The number of likely N-dealkylation sites (tertiary alicyclic amines) is 1. The van der Waals surface area contributed by atoms with E-state index in [1.165, 1.54) is 29.5 Å². The highest BCUT2D eigenvalue weighted by Crippen LogP contribution is 2.42. The summed E-state index contributed by atoms with van der Waals surface area (Å²) in [5.41, 5.74) is 7.58. The van der Waals surface area contributed by atoms with Crippen LogP contribution in [0.25, 0.3) is 0 Å².